The van der Waals surface area contributed by atoms with E-state index in [1.54, 1.807) is 21.9 Å². The highest BCUT2D eigenvalue weighted by Gasteiger charge is 2.52. The van der Waals surface area contributed by atoms with Gasteiger partial charge in [0, 0.05) is 13.0 Å². The van der Waals surface area contributed by atoms with Crippen LogP contribution >= 0.6 is 0 Å². The summed E-state index contributed by atoms with van der Waals surface area (Å²) in [6.07, 6.45) is 2.23. The van der Waals surface area contributed by atoms with Gasteiger partial charge in [0.25, 0.3) is 5.91 Å². The van der Waals surface area contributed by atoms with Gasteiger partial charge in [0.2, 0.25) is 5.91 Å². The van der Waals surface area contributed by atoms with Gasteiger partial charge < -0.3 is 9.64 Å². The molecule has 4 rings (SSSR count). The smallest absolute Gasteiger partial charge is 0.307 e. The maximum absolute atomic E-state index is 13.0. The van der Waals surface area contributed by atoms with Crippen molar-refractivity contribution in [1.82, 2.24) is 4.90 Å². The topological polar surface area (TPSA) is 66.9 Å². The van der Waals surface area contributed by atoms with Crippen LogP contribution in [0.25, 0.3) is 0 Å². The average Bonchev–Trinajstić information content (AvgIpc) is 3.24. The zero-order valence-electron chi connectivity index (χ0n) is 15.2. The molecule has 6 nitrogen and oxygen atoms in total. The number of fused-ring (bicyclic) bond motifs is 3. The number of rotatable bonds is 5. The Balaban J connectivity index is 1.51. The number of anilines is 1. The van der Waals surface area contributed by atoms with Crippen LogP contribution in [-0.2, 0) is 14.3 Å². The minimum atomic E-state index is -0.714. The molecule has 2 amide bonds. The molecule has 3 atom stereocenters. The summed E-state index contributed by atoms with van der Waals surface area (Å²) >= 11 is 0. The summed E-state index contributed by atoms with van der Waals surface area (Å²) in [5.74, 6) is 0.735. The Kier molecular flexibility index (Phi) is 4.01. The lowest BCUT2D eigenvalue weighted by Gasteiger charge is -2.48. The van der Waals surface area contributed by atoms with Gasteiger partial charge in [-0.25, -0.2) is 0 Å². The van der Waals surface area contributed by atoms with Crippen LogP contribution in [-0.4, -0.2) is 41.5 Å². The molecule has 26 heavy (non-hydrogen) atoms. The van der Waals surface area contributed by atoms with E-state index in [2.05, 4.69) is 6.92 Å². The van der Waals surface area contributed by atoms with Gasteiger partial charge in [-0.15, -0.1) is 0 Å². The SMILES string of the molecule is C[C@@H]1C[C@H]1COC(=O)CCN1C(=O)c2ccccc2N2C(=O)CC[C@]12C. The van der Waals surface area contributed by atoms with Crippen LogP contribution in [0.4, 0.5) is 5.69 Å². The Morgan fingerprint density at radius 3 is 2.77 bits per heavy atom. The molecule has 0 bridgehead atoms. The number of esters is 1. The van der Waals surface area contributed by atoms with E-state index < -0.39 is 5.66 Å². The summed E-state index contributed by atoms with van der Waals surface area (Å²) in [7, 11) is 0. The van der Waals surface area contributed by atoms with E-state index in [-0.39, 0.29) is 30.7 Å². The molecule has 2 aliphatic heterocycles. The molecule has 1 saturated heterocycles. The number of carbonyl (C=O) groups excluding carboxylic acids is 3. The van der Waals surface area contributed by atoms with Gasteiger partial charge in [0.1, 0.15) is 5.66 Å². The summed E-state index contributed by atoms with van der Waals surface area (Å²) in [6, 6.07) is 7.19. The number of nitrogens with zero attached hydrogens (tertiary/aromatic N) is 2. The van der Waals surface area contributed by atoms with Crippen LogP contribution in [0.5, 0.6) is 0 Å². The third-order valence-corrected chi connectivity index (χ3v) is 6.02. The molecule has 0 N–H and O–H groups in total. The van der Waals surface area contributed by atoms with E-state index in [1.807, 2.05) is 19.1 Å². The lowest BCUT2D eigenvalue weighted by atomic mass is 9.98. The summed E-state index contributed by atoms with van der Waals surface area (Å²) in [4.78, 5) is 41.0. The van der Waals surface area contributed by atoms with Gasteiger partial charge in [0.05, 0.1) is 24.3 Å². The van der Waals surface area contributed by atoms with E-state index in [1.165, 1.54) is 0 Å². The minimum Gasteiger partial charge on any atom is -0.465 e. The molecule has 1 aliphatic carbocycles. The Labute approximate surface area is 153 Å². The maximum Gasteiger partial charge on any atom is 0.307 e. The zero-order valence-corrected chi connectivity index (χ0v) is 15.2. The first-order valence-electron chi connectivity index (χ1n) is 9.31. The number of ether oxygens (including phenoxy) is 1. The summed E-state index contributed by atoms with van der Waals surface area (Å²) < 4.78 is 5.34. The van der Waals surface area contributed by atoms with Crippen molar-refractivity contribution >= 4 is 23.5 Å². The van der Waals surface area contributed by atoms with Crippen molar-refractivity contribution < 1.29 is 19.1 Å². The Morgan fingerprint density at radius 1 is 1.31 bits per heavy atom. The van der Waals surface area contributed by atoms with Crippen LogP contribution < -0.4 is 4.90 Å². The van der Waals surface area contributed by atoms with Crippen LogP contribution in [0.15, 0.2) is 24.3 Å². The van der Waals surface area contributed by atoms with E-state index >= 15 is 0 Å². The molecule has 1 aromatic carbocycles. The fraction of sp³-hybridized carbons (Fsp3) is 0.550. The molecule has 138 valence electrons. The van der Waals surface area contributed by atoms with Gasteiger partial charge in [-0.3, -0.25) is 19.3 Å². The Morgan fingerprint density at radius 2 is 2.04 bits per heavy atom. The van der Waals surface area contributed by atoms with Crippen LogP contribution in [0.3, 0.4) is 0 Å². The van der Waals surface area contributed by atoms with Crippen LogP contribution in [0, 0.1) is 11.8 Å². The highest BCUT2D eigenvalue weighted by atomic mass is 16.5. The average molecular weight is 356 g/mol. The van der Waals surface area contributed by atoms with Gasteiger partial charge in [-0.05, 0) is 43.7 Å². The maximum atomic E-state index is 13.0. The molecule has 6 heteroatoms. The molecule has 3 aliphatic rings. The van der Waals surface area contributed by atoms with E-state index in [0.717, 1.165) is 6.42 Å². The minimum absolute atomic E-state index is 0.0164. The van der Waals surface area contributed by atoms with E-state index in [4.69, 9.17) is 4.74 Å². The first kappa shape index (κ1) is 17.1. The number of para-hydroxylation sites is 1. The van der Waals surface area contributed by atoms with Crippen molar-refractivity contribution in [2.45, 2.75) is 45.2 Å². The number of hydrogen-bond acceptors (Lipinski definition) is 4. The predicted octanol–water partition coefficient (Wildman–Crippen LogP) is 2.57. The lowest BCUT2D eigenvalue weighted by Crippen LogP contribution is -2.62. The standard InChI is InChI=1S/C20H24N2O4/c1-13-11-14(13)12-26-18(24)8-10-21-19(25)15-5-3-4-6-16(15)22-17(23)7-9-20(21,22)2/h3-6,13-14H,7-12H2,1-2H3/t13-,14+,20-/m1/s1. The van der Waals surface area contributed by atoms with Crippen molar-refractivity contribution in [3.63, 3.8) is 0 Å². The highest BCUT2D eigenvalue weighted by Crippen LogP contribution is 2.44. The van der Waals surface area contributed by atoms with Crippen molar-refractivity contribution in [2.75, 3.05) is 18.1 Å². The second-order valence-corrected chi connectivity index (χ2v) is 7.83. The van der Waals surface area contributed by atoms with Crippen molar-refractivity contribution in [3.05, 3.63) is 29.8 Å². The first-order valence-corrected chi connectivity index (χ1v) is 9.31. The van der Waals surface area contributed by atoms with E-state index in [9.17, 15) is 14.4 Å². The van der Waals surface area contributed by atoms with Crippen LogP contribution in [0.2, 0.25) is 0 Å². The molecule has 0 aromatic heterocycles. The largest absolute Gasteiger partial charge is 0.465 e. The fourth-order valence-corrected chi connectivity index (χ4v) is 4.15. The fourth-order valence-electron chi connectivity index (χ4n) is 4.15. The number of benzene rings is 1. The summed E-state index contributed by atoms with van der Waals surface area (Å²) in [5, 5.41) is 0. The molecular weight excluding hydrogens is 332 g/mol. The molecule has 1 aromatic rings. The molecular formula is C20H24N2O4. The van der Waals surface area contributed by atoms with Crippen molar-refractivity contribution in [3.8, 4) is 0 Å². The molecule has 0 radical (unpaired) electrons. The number of hydrogen-bond donors (Lipinski definition) is 0. The monoisotopic (exact) mass is 356 g/mol. The molecule has 0 spiro atoms. The lowest BCUT2D eigenvalue weighted by molar-refractivity contribution is -0.144. The normalized spacial score (nSPS) is 29.5. The van der Waals surface area contributed by atoms with E-state index in [0.29, 0.717) is 42.5 Å². The molecule has 2 fully saturated rings. The highest BCUT2D eigenvalue weighted by molar-refractivity contribution is 6.10. The quantitative estimate of drug-likeness (QED) is 0.761. The van der Waals surface area contributed by atoms with Gasteiger partial charge >= 0.3 is 5.97 Å². The van der Waals surface area contributed by atoms with Gasteiger partial charge in [0.15, 0.2) is 0 Å². The van der Waals surface area contributed by atoms with Gasteiger partial charge in [-0.1, -0.05) is 19.1 Å². The third kappa shape index (κ3) is 2.68. The Hall–Kier alpha value is -2.37. The van der Waals surface area contributed by atoms with Crippen molar-refractivity contribution in [2.24, 2.45) is 11.8 Å². The summed E-state index contributed by atoms with van der Waals surface area (Å²) in [5.41, 5.74) is 0.470. The first-order chi connectivity index (χ1) is 12.4. The number of carbonyl (C=O) groups is 3. The summed E-state index contributed by atoms with van der Waals surface area (Å²) in [6.45, 7) is 4.78. The predicted molar refractivity (Wildman–Crippen MR) is 95.5 cm³/mol. The van der Waals surface area contributed by atoms with Gasteiger partial charge in [-0.2, -0.15) is 0 Å². The third-order valence-electron chi connectivity index (χ3n) is 6.02. The zero-order chi connectivity index (χ0) is 18.5. The molecule has 2 heterocycles. The molecule has 1 saturated carbocycles. The molecule has 0 unspecified atom stereocenters. The van der Waals surface area contributed by atoms with Crippen molar-refractivity contribution in [1.29, 1.82) is 0 Å². The second-order valence-electron chi connectivity index (χ2n) is 7.83. The second kappa shape index (κ2) is 6.11. The number of amides is 2. The van der Waals surface area contributed by atoms with Crippen LogP contribution in [0.1, 0.15) is 49.9 Å². The Bertz CT molecular complexity index is 777.